The van der Waals surface area contributed by atoms with E-state index in [1.807, 2.05) is 13.8 Å². The lowest BCUT2D eigenvalue weighted by molar-refractivity contribution is -0.129. The van der Waals surface area contributed by atoms with Crippen molar-refractivity contribution in [2.45, 2.75) is 13.8 Å². The van der Waals surface area contributed by atoms with Gasteiger partial charge in [-0.3, -0.25) is 0 Å². The Morgan fingerprint density at radius 1 is 1.07 bits per heavy atom. The van der Waals surface area contributed by atoms with Gasteiger partial charge in [-0.1, -0.05) is 12.1 Å². The molecule has 0 N–H and O–H groups in total. The van der Waals surface area contributed by atoms with Crippen molar-refractivity contribution in [1.82, 2.24) is 9.78 Å². The molecule has 1 aromatic heterocycles. The van der Waals surface area contributed by atoms with Gasteiger partial charge in [0.1, 0.15) is 5.82 Å². The zero-order valence-electron chi connectivity index (χ0n) is 15.3. The number of carbonyl (C=O) groups excluding carboxylic acids is 1. The van der Waals surface area contributed by atoms with Crippen LogP contribution in [0.4, 0.5) is 4.39 Å². The van der Waals surface area contributed by atoms with E-state index in [1.54, 1.807) is 47.2 Å². The summed E-state index contributed by atoms with van der Waals surface area (Å²) in [5, 5.41) is 4.47. The van der Waals surface area contributed by atoms with E-state index in [0.29, 0.717) is 11.5 Å². The number of benzene rings is 2. The number of hydrogen-bond acceptors (Lipinski definition) is 4. The lowest BCUT2D eigenvalue weighted by atomic mass is 10.2. The van der Waals surface area contributed by atoms with Crippen molar-refractivity contribution >= 4 is 12.0 Å². The highest BCUT2D eigenvalue weighted by atomic mass is 19.1. The molecule has 3 rings (SSSR count). The number of aromatic nitrogens is 2. The maximum absolute atomic E-state index is 13.1. The highest BCUT2D eigenvalue weighted by molar-refractivity contribution is 5.89. The maximum atomic E-state index is 13.1. The fourth-order valence-electron chi connectivity index (χ4n) is 2.73. The van der Waals surface area contributed by atoms with Crippen LogP contribution in [-0.2, 0) is 4.79 Å². The Balaban J connectivity index is 1.81. The lowest BCUT2D eigenvalue weighted by Gasteiger charge is -2.06. The summed E-state index contributed by atoms with van der Waals surface area (Å²) in [6, 6.07) is 13.0. The number of methoxy groups -OCH3 is 1. The Labute approximate surface area is 156 Å². The molecule has 1 heterocycles. The summed E-state index contributed by atoms with van der Waals surface area (Å²) in [7, 11) is 1.51. The second kappa shape index (κ2) is 7.86. The van der Waals surface area contributed by atoms with Gasteiger partial charge < -0.3 is 9.47 Å². The summed E-state index contributed by atoms with van der Waals surface area (Å²) in [5.74, 6) is 0.00756. The molecule has 0 saturated heterocycles. The van der Waals surface area contributed by atoms with Crippen molar-refractivity contribution in [2.24, 2.45) is 0 Å². The maximum Gasteiger partial charge on any atom is 0.336 e. The Morgan fingerprint density at radius 3 is 2.41 bits per heavy atom. The van der Waals surface area contributed by atoms with Gasteiger partial charge in [0, 0.05) is 17.3 Å². The third-order valence-electron chi connectivity index (χ3n) is 4.08. The fourth-order valence-corrected chi connectivity index (χ4v) is 2.73. The van der Waals surface area contributed by atoms with Gasteiger partial charge in [0.2, 0.25) is 0 Å². The number of carbonyl (C=O) groups is 1. The van der Waals surface area contributed by atoms with E-state index in [2.05, 4.69) is 5.10 Å². The van der Waals surface area contributed by atoms with Crippen molar-refractivity contribution in [3.05, 3.63) is 77.4 Å². The predicted octanol–water partition coefficient (Wildman–Crippen LogP) is 4.26. The van der Waals surface area contributed by atoms with Crippen LogP contribution in [0.15, 0.2) is 54.6 Å². The second-order valence-electron chi connectivity index (χ2n) is 5.88. The summed E-state index contributed by atoms with van der Waals surface area (Å²) in [6.07, 6.45) is 3.01. The first-order valence-corrected chi connectivity index (χ1v) is 8.34. The third kappa shape index (κ3) is 4.06. The molecule has 0 aliphatic rings. The molecule has 0 spiro atoms. The zero-order valence-corrected chi connectivity index (χ0v) is 15.3. The number of para-hydroxylation sites is 2. The van der Waals surface area contributed by atoms with Gasteiger partial charge in [-0.05, 0) is 56.3 Å². The summed E-state index contributed by atoms with van der Waals surface area (Å²) in [4.78, 5) is 12.2. The lowest BCUT2D eigenvalue weighted by Crippen LogP contribution is -2.05. The van der Waals surface area contributed by atoms with Crippen molar-refractivity contribution in [2.75, 3.05) is 7.11 Å². The molecule has 2 aromatic carbocycles. The van der Waals surface area contributed by atoms with Gasteiger partial charge in [0.05, 0.1) is 18.5 Å². The number of aryl methyl sites for hydroxylation is 1. The first-order valence-electron chi connectivity index (χ1n) is 8.34. The van der Waals surface area contributed by atoms with E-state index in [9.17, 15) is 9.18 Å². The minimum atomic E-state index is -0.521. The number of rotatable bonds is 5. The molecule has 0 unspecified atom stereocenters. The van der Waals surface area contributed by atoms with Crippen LogP contribution in [0.3, 0.4) is 0 Å². The van der Waals surface area contributed by atoms with E-state index < -0.39 is 5.97 Å². The summed E-state index contributed by atoms with van der Waals surface area (Å²) in [5.41, 5.74) is 3.13. The standard InChI is InChI=1S/C21H19FN2O3/c1-14-18(15(2)24(23-14)17-10-8-16(22)9-11-17)12-13-21(25)27-20-7-5-4-6-19(20)26-3/h4-13H,1-3H3/b13-12+. The third-order valence-corrected chi connectivity index (χ3v) is 4.08. The molecule has 0 saturated carbocycles. The van der Waals surface area contributed by atoms with Gasteiger partial charge in [0.25, 0.3) is 0 Å². The minimum absolute atomic E-state index is 0.306. The summed E-state index contributed by atoms with van der Waals surface area (Å²) >= 11 is 0. The summed E-state index contributed by atoms with van der Waals surface area (Å²) in [6.45, 7) is 3.73. The van der Waals surface area contributed by atoms with E-state index in [-0.39, 0.29) is 5.82 Å². The molecule has 138 valence electrons. The van der Waals surface area contributed by atoms with Gasteiger partial charge in [-0.25, -0.2) is 13.9 Å². The average Bonchev–Trinajstić information content (AvgIpc) is 2.95. The Bertz CT molecular complexity index is 991. The molecular weight excluding hydrogens is 347 g/mol. The van der Waals surface area contributed by atoms with Crippen molar-refractivity contribution in [1.29, 1.82) is 0 Å². The van der Waals surface area contributed by atoms with E-state index >= 15 is 0 Å². The van der Waals surface area contributed by atoms with Crippen LogP contribution in [0, 0.1) is 19.7 Å². The number of halogens is 1. The minimum Gasteiger partial charge on any atom is -0.493 e. The molecule has 3 aromatic rings. The topological polar surface area (TPSA) is 53.4 Å². The van der Waals surface area contributed by atoms with Crippen molar-refractivity contribution < 1.29 is 18.7 Å². The normalized spacial score (nSPS) is 11.0. The van der Waals surface area contributed by atoms with Gasteiger partial charge in [0.15, 0.2) is 11.5 Å². The van der Waals surface area contributed by atoms with Crippen LogP contribution >= 0.6 is 0 Å². The SMILES string of the molecule is COc1ccccc1OC(=O)/C=C/c1c(C)nn(-c2ccc(F)cc2)c1C. The zero-order chi connectivity index (χ0) is 19.4. The molecule has 0 bridgehead atoms. The Hall–Kier alpha value is -3.41. The van der Waals surface area contributed by atoms with Gasteiger partial charge in [-0.15, -0.1) is 0 Å². The first-order chi connectivity index (χ1) is 13.0. The number of esters is 1. The molecular formula is C21H19FN2O3. The molecule has 0 aliphatic carbocycles. The molecule has 27 heavy (non-hydrogen) atoms. The van der Waals surface area contributed by atoms with Gasteiger partial charge >= 0.3 is 5.97 Å². The van der Waals surface area contributed by atoms with Crippen LogP contribution in [-0.4, -0.2) is 22.9 Å². The fraction of sp³-hybridized carbons (Fsp3) is 0.143. The Kier molecular flexibility index (Phi) is 5.35. The largest absolute Gasteiger partial charge is 0.493 e. The van der Waals surface area contributed by atoms with Crippen molar-refractivity contribution in [3.8, 4) is 17.2 Å². The Morgan fingerprint density at radius 2 is 1.74 bits per heavy atom. The highest BCUT2D eigenvalue weighted by Gasteiger charge is 2.12. The summed E-state index contributed by atoms with van der Waals surface area (Å²) < 4.78 is 25.3. The molecule has 6 heteroatoms. The molecule has 0 fully saturated rings. The van der Waals surface area contributed by atoms with Crippen LogP contribution in [0.5, 0.6) is 11.5 Å². The quantitative estimate of drug-likeness (QED) is 0.385. The molecule has 5 nitrogen and oxygen atoms in total. The first kappa shape index (κ1) is 18.4. The van der Waals surface area contributed by atoms with Crippen LogP contribution in [0.2, 0.25) is 0 Å². The molecule has 0 radical (unpaired) electrons. The second-order valence-corrected chi connectivity index (χ2v) is 5.88. The highest BCUT2D eigenvalue weighted by Crippen LogP contribution is 2.26. The number of nitrogens with zero attached hydrogens (tertiary/aromatic N) is 2. The smallest absolute Gasteiger partial charge is 0.336 e. The molecule has 0 aliphatic heterocycles. The number of ether oxygens (including phenoxy) is 2. The van der Waals surface area contributed by atoms with Crippen LogP contribution in [0.25, 0.3) is 11.8 Å². The van der Waals surface area contributed by atoms with Gasteiger partial charge in [-0.2, -0.15) is 5.10 Å². The van der Waals surface area contributed by atoms with Crippen LogP contribution in [0.1, 0.15) is 17.0 Å². The van der Waals surface area contributed by atoms with E-state index in [4.69, 9.17) is 9.47 Å². The molecule has 0 atom stereocenters. The van der Waals surface area contributed by atoms with E-state index in [0.717, 1.165) is 22.6 Å². The monoisotopic (exact) mass is 366 g/mol. The predicted molar refractivity (Wildman–Crippen MR) is 101 cm³/mol. The van der Waals surface area contributed by atoms with E-state index in [1.165, 1.54) is 25.3 Å². The van der Waals surface area contributed by atoms with Crippen molar-refractivity contribution in [3.63, 3.8) is 0 Å². The molecule has 0 amide bonds. The number of hydrogen-bond donors (Lipinski definition) is 0. The van der Waals surface area contributed by atoms with Crippen LogP contribution < -0.4 is 9.47 Å². The average molecular weight is 366 g/mol.